The third-order valence-electron chi connectivity index (χ3n) is 2.72. The maximum Gasteiger partial charge on any atom is 0.405 e. The van der Waals surface area contributed by atoms with Crippen LogP contribution in [0.2, 0.25) is 0 Å². The molecule has 0 unspecified atom stereocenters. The number of imidazole rings is 1. The molecule has 0 spiro atoms. The Morgan fingerprint density at radius 2 is 2.22 bits per heavy atom. The van der Waals surface area contributed by atoms with Crippen molar-refractivity contribution in [2.75, 3.05) is 0 Å². The van der Waals surface area contributed by atoms with Crippen molar-refractivity contribution >= 4 is 34.2 Å². The monoisotopic (exact) mass is 359 g/mol. The number of nitrogens with zero attached hydrogens (tertiary/aromatic N) is 2. The first-order chi connectivity index (χ1) is 8.33. The zero-order valence-corrected chi connectivity index (χ0v) is 12.6. The van der Waals surface area contributed by atoms with Crippen molar-refractivity contribution in [1.29, 1.82) is 0 Å². The number of amides is 1. The Morgan fingerprint density at radius 1 is 1.56 bits per heavy atom. The molecule has 0 fully saturated rings. The van der Waals surface area contributed by atoms with Gasteiger partial charge in [0.05, 0.1) is 5.52 Å². The summed E-state index contributed by atoms with van der Waals surface area (Å²) in [5, 5.41) is 0. The van der Waals surface area contributed by atoms with Crippen LogP contribution in [-0.2, 0) is 10.3 Å². The summed E-state index contributed by atoms with van der Waals surface area (Å²) in [5.74, 6) is 0.657. The molecule has 0 atom stereocenters. The van der Waals surface area contributed by atoms with Crippen LogP contribution >= 0.6 is 22.6 Å². The molecule has 18 heavy (non-hydrogen) atoms. The summed E-state index contributed by atoms with van der Waals surface area (Å²) in [6, 6.07) is 3.95. The number of carbonyl (C=O) groups excluding carboxylic acids is 1. The molecule has 2 heterocycles. The first-order valence-corrected chi connectivity index (χ1v) is 6.53. The summed E-state index contributed by atoms with van der Waals surface area (Å²) in [7, 11) is 0. The van der Waals surface area contributed by atoms with Crippen LogP contribution in [-0.4, -0.2) is 15.5 Å². The molecule has 1 amide bonds. The van der Waals surface area contributed by atoms with Crippen molar-refractivity contribution in [2.45, 2.75) is 26.4 Å². The van der Waals surface area contributed by atoms with E-state index in [1.807, 2.05) is 29.7 Å². The Bertz CT molecular complexity index is 619. The van der Waals surface area contributed by atoms with Gasteiger partial charge in [0, 0.05) is 6.20 Å². The zero-order valence-electron chi connectivity index (χ0n) is 10.4. The molecule has 0 aliphatic heterocycles. The Morgan fingerprint density at radius 3 is 2.83 bits per heavy atom. The standard InChI is InChI=1S/C12H14IN3O2/c1-7-5-4-6-16-8(7)9(13)15-10(16)12(2,3)18-11(14)17/h4-6H,1-3H3,(H2,14,17). The highest BCUT2D eigenvalue weighted by atomic mass is 127. The van der Waals surface area contributed by atoms with E-state index in [1.54, 1.807) is 13.8 Å². The largest absolute Gasteiger partial charge is 0.435 e. The van der Waals surface area contributed by atoms with E-state index in [1.165, 1.54) is 0 Å². The number of pyridine rings is 1. The number of halogens is 1. The normalized spacial score (nSPS) is 11.8. The van der Waals surface area contributed by atoms with Gasteiger partial charge >= 0.3 is 6.09 Å². The van der Waals surface area contributed by atoms with E-state index < -0.39 is 11.7 Å². The number of primary amides is 1. The van der Waals surface area contributed by atoms with Crippen LogP contribution in [0.3, 0.4) is 0 Å². The Labute approximate surface area is 118 Å². The number of rotatable bonds is 2. The summed E-state index contributed by atoms with van der Waals surface area (Å²) in [5.41, 5.74) is 6.37. The third kappa shape index (κ3) is 2.16. The molecule has 6 heteroatoms. The molecule has 2 rings (SSSR count). The number of fused-ring (bicyclic) bond motifs is 1. The zero-order chi connectivity index (χ0) is 13.5. The molecule has 2 N–H and O–H groups in total. The van der Waals surface area contributed by atoms with Crippen molar-refractivity contribution in [3.63, 3.8) is 0 Å². The van der Waals surface area contributed by atoms with Crippen LogP contribution in [0, 0.1) is 10.6 Å². The molecule has 2 aromatic rings. The van der Waals surface area contributed by atoms with Gasteiger partial charge in [-0.05, 0) is 55.0 Å². The Kier molecular flexibility index (Phi) is 3.22. The maximum absolute atomic E-state index is 11.0. The second kappa shape index (κ2) is 4.42. The van der Waals surface area contributed by atoms with E-state index in [-0.39, 0.29) is 0 Å². The van der Waals surface area contributed by atoms with Crippen LogP contribution < -0.4 is 5.73 Å². The van der Waals surface area contributed by atoms with Crippen LogP contribution in [0.15, 0.2) is 18.3 Å². The van der Waals surface area contributed by atoms with Crippen molar-refractivity contribution in [2.24, 2.45) is 5.73 Å². The number of ether oxygens (including phenoxy) is 1. The summed E-state index contributed by atoms with van der Waals surface area (Å²) < 4.78 is 7.94. The number of carbonyl (C=O) groups is 1. The van der Waals surface area contributed by atoms with Crippen molar-refractivity contribution in [3.05, 3.63) is 33.4 Å². The molecule has 96 valence electrons. The van der Waals surface area contributed by atoms with E-state index in [2.05, 4.69) is 27.6 Å². The molecule has 0 saturated carbocycles. The van der Waals surface area contributed by atoms with Gasteiger partial charge < -0.3 is 10.5 Å². The molecule has 5 nitrogen and oxygen atoms in total. The van der Waals surface area contributed by atoms with E-state index >= 15 is 0 Å². The molecule has 2 aromatic heterocycles. The lowest BCUT2D eigenvalue weighted by molar-refractivity contribution is 0.0359. The minimum atomic E-state index is -0.869. The van der Waals surface area contributed by atoms with Gasteiger partial charge in [-0.2, -0.15) is 0 Å². The van der Waals surface area contributed by atoms with Crippen molar-refractivity contribution in [3.8, 4) is 0 Å². The second-order valence-corrected chi connectivity index (χ2v) is 5.59. The molecule has 0 aliphatic rings. The third-order valence-corrected chi connectivity index (χ3v) is 3.47. The Hall–Kier alpha value is -1.31. The lowest BCUT2D eigenvalue weighted by Gasteiger charge is -2.22. The smallest absolute Gasteiger partial charge is 0.405 e. The summed E-state index contributed by atoms with van der Waals surface area (Å²) in [6.45, 7) is 5.56. The first kappa shape index (κ1) is 13.1. The van der Waals surface area contributed by atoms with Crippen LogP contribution in [0.5, 0.6) is 0 Å². The summed E-state index contributed by atoms with van der Waals surface area (Å²) in [4.78, 5) is 15.5. The summed E-state index contributed by atoms with van der Waals surface area (Å²) in [6.07, 6.45) is 1.10. The van der Waals surface area contributed by atoms with Gasteiger partial charge in [0.1, 0.15) is 3.70 Å². The van der Waals surface area contributed by atoms with E-state index in [0.29, 0.717) is 5.82 Å². The van der Waals surface area contributed by atoms with Crippen molar-refractivity contribution in [1.82, 2.24) is 9.38 Å². The lowest BCUT2D eigenvalue weighted by atomic mass is 10.1. The van der Waals surface area contributed by atoms with Gasteiger partial charge in [-0.15, -0.1) is 0 Å². The van der Waals surface area contributed by atoms with E-state index in [0.717, 1.165) is 14.8 Å². The van der Waals surface area contributed by atoms with Gasteiger partial charge in [0.2, 0.25) is 0 Å². The predicted octanol–water partition coefficient (Wildman–Crippen LogP) is 2.58. The highest BCUT2D eigenvalue weighted by Crippen LogP contribution is 2.28. The number of aromatic nitrogens is 2. The first-order valence-electron chi connectivity index (χ1n) is 5.45. The topological polar surface area (TPSA) is 69.6 Å². The average Bonchev–Trinajstić information content (AvgIpc) is 2.56. The second-order valence-electron chi connectivity index (χ2n) is 4.57. The minimum absolute atomic E-state index is 0.657. The maximum atomic E-state index is 11.0. The highest BCUT2D eigenvalue weighted by molar-refractivity contribution is 14.1. The fourth-order valence-electron chi connectivity index (χ4n) is 1.98. The molecule has 0 aromatic carbocycles. The molecule has 0 bridgehead atoms. The molecule has 0 radical (unpaired) electrons. The van der Waals surface area contributed by atoms with E-state index in [4.69, 9.17) is 10.5 Å². The number of aryl methyl sites for hydroxylation is 1. The van der Waals surface area contributed by atoms with Gasteiger partial charge in [-0.25, -0.2) is 9.78 Å². The number of hydrogen-bond acceptors (Lipinski definition) is 3. The SMILES string of the molecule is Cc1cccn2c(C(C)(C)OC(N)=O)nc(I)c12. The van der Waals surface area contributed by atoms with Crippen LogP contribution in [0.1, 0.15) is 25.2 Å². The number of nitrogens with two attached hydrogens (primary N) is 1. The quantitative estimate of drug-likeness (QED) is 0.838. The molecule has 0 saturated heterocycles. The van der Waals surface area contributed by atoms with E-state index in [9.17, 15) is 4.79 Å². The minimum Gasteiger partial charge on any atom is -0.435 e. The van der Waals surface area contributed by atoms with Gasteiger partial charge in [0.25, 0.3) is 0 Å². The predicted molar refractivity (Wildman–Crippen MR) is 76.3 cm³/mol. The van der Waals surface area contributed by atoms with Gasteiger partial charge in [0.15, 0.2) is 11.4 Å². The van der Waals surface area contributed by atoms with Gasteiger partial charge in [-0.3, -0.25) is 4.40 Å². The Balaban J connectivity index is 2.66. The number of hydrogen-bond donors (Lipinski definition) is 1. The molecular formula is C12H14IN3O2. The fourth-order valence-corrected chi connectivity index (χ4v) is 2.89. The van der Waals surface area contributed by atoms with Crippen molar-refractivity contribution < 1.29 is 9.53 Å². The summed E-state index contributed by atoms with van der Waals surface area (Å²) >= 11 is 2.17. The van der Waals surface area contributed by atoms with Gasteiger partial charge in [-0.1, -0.05) is 6.07 Å². The van der Waals surface area contributed by atoms with Crippen LogP contribution in [0.25, 0.3) is 5.52 Å². The lowest BCUT2D eigenvalue weighted by Crippen LogP contribution is -2.30. The highest BCUT2D eigenvalue weighted by Gasteiger charge is 2.30. The molecule has 0 aliphatic carbocycles. The average molecular weight is 359 g/mol. The fraction of sp³-hybridized carbons (Fsp3) is 0.333. The molecular weight excluding hydrogens is 345 g/mol. The van der Waals surface area contributed by atoms with Crippen LogP contribution in [0.4, 0.5) is 4.79 Å².